The van der Waals surface area contributed by atoms with Crippen molar-refractivity contribution in [1.82, 2.24) is 10.3 Å². The summed E-state index contributed by atoms with van der Waals surface area (Å²) in [5, 5.41) is 13.5. The third kappa shape index (κ3) is 2.99. The molecule has 1 rings (SSSR count). The van der Waals surface area contributed by atoms with Gasteiger partial charge in [0.05, 0.1) is 12.2 Å². The summed E-state index contributed by atoms with van der Waals surface area (Å²) in [5.41, 5.74) is -0.108. The SMILES string of the molecule is C#CCNC(=O)Nc1cccnc1C(=O)O. The van der Waals surface area contributed by atoms with E-state index in [1.54, 1.807) is 0 Å². The quantitative estimate of drug-likeness (QED) is 0.647. The number of carboxylic acids is 1. The molecule has 6 heteroatoms. The van der Waals surface area contributed by atoms with E-state index in [0.29, 0.717) is 0 Å². The zero-order valence-corrected chi connectivity index (χ0v) is 8.23. The molecule has 0 fully saturated rings. The second-order valence-electron chi connectivity index (χ2n) is 2.72. The summed E-state index contributed by atoms with van der Waals surface area (Å²) in [6, 6.07) is 2.38. The number of carbonyl (C=O) groups is 2. The van der Waals surface area contributed by atoms with E-state index in [1.807, 2.05) is 0 Å². The lowest BCUT2D eigenvalue weighted by molar-refractivity contribution is 0.0692. The summed E-state index contributed by atoms with van der Waals surface area (Å²) in [6.45, 7) is 0.0640. The molecule has 0 unspecified atom stereocenters. The molecule has 0 aliphatic rings. The number of anilines is 1. The lowest BCUT2D eigenvalue weighted by atomic mass is 10.3. The van der Waals surface area contributed by atoms with Gasteiger partial charge in [0.15, 0.2) is 5.69 Å². The Balaban J connectivity index is 2.77. The van der Waals surface area contributed by atoms with Crippen LogP contribution < -0.4 is 10.6 Å². The summed E-state index contributed by atoms with van der Waals surface area (Å²) in [5.74, 6) is 1.00. The molecule has 0 spiro atoms. The molecule has 3 N–H and O–H groups in total. The summed E-state index contributed by atoms with van der Waals surface area (Å²) in [4.78, 5) is 25.6. The molecule has 16 heavy (non-hydrogen) atoms. The first kappa shape index (κ1) is 11.5. The van der Waals surface area contributed by atoms with Gasteiger partial charge in [0.2, 0.25) is 0 Å². The number of carbonyl (C=O) groups excluding carboxylic acids is 1. The van der Waals surface area contributed by atoms with Crippen molar-refractivity contribution in [2.24, 2.45) is 0 Å². The molecule has 6 nitrogen and oxygen atoms in total. The van der Waals surface area contributed by atoms with Gasteiger partial charge in [-0.2, -0.15) is 0 Å². The van der Waals surface area contributed by atoms with Gasteiger partial charge in [0.1, 0.15) is 0 Å². The van der Waals surface area contributed by atoms with Gasteiger partial charge in [-0.3, -0.25) is 0 Å². The topological polar surface area (TPSA) is 91.3 Å². The normalized spacial score (nSPS) is 8.94. The minimum absolute atomic E-state index is 0.0640. The average Bonchev–Trinajstić information content (AvgIpc) is 2.27. The minimum atomic E-state index is -1.21. The maximum atomic E-state index is 11.2. The van der Waals surface area contributed by atoms with Crippen molar-refractivity contribution < 1.29 is 14.7 Å². The number of aromatic carboxylic acids is 1. The second kappa shape index (κ2) is 5.36. The van der Waals surface area contributed by atoms with Crippen LogP contribution in [0.25, 0.3) is 0 Å². The van der Waals surface area contributed by atoms with Crippen molar-refractivity contribution in [2.45, 2.75) is 0 Å². The molecule has 82 valence electrons. The molecule has 2 amide bonds. The molecule has 0 bridgehead atoms. The first-order chi connectivity index (χ1) is 7.65. The third-order valence-electron chi connectivity index (χ3n) is 1.61. The van der Waals surface area contributed by atoms with E-state index in [4.69, 9.17) is 11.5 Å². The van der Waals surface area contributed by atoms with E-state index < -0.39 is 12.0 Å². The lowest BCUT2D eigenvalue weighted by Gasteiger charge is -2.07. The van der Waals surface area contributed by atoms with Gasteiger partial charge >= 0.3 is 12.0 Å². The van der Waals surface area contributed by atoms with Crippen LogP contribution in [0.3, 0.4) is 0 Å². The Morgan fingerprint density at radius 1 is 1.56 bits per heavy atom. The van der Waals surface area contributed by atoms with Gasteiger partial charge in [-0.1, -0.05) is 5.92 Å². The van der Waals surface area contributed by atoms with Gasteiger partial charge in [-0.25, -0.2) is 14.6 Å². The van der Waals surface area contributed by atoms with Gasteiger partial charge in [0, 0.05) is 6.20 Å². The number of hydrogen-bond donors (Lipinski definition) is 3. The van der Waals surface area contributed by atoms with Crippen LogP contribution in [0.4, 0.5) is 10.5 Å². The molecule has 0 atom stereocenters. The number of hydrogen-bond acceptors (Lipinski definition) is 3. The molecule has 1 heterocycles. The van der Waals surface area contributed by atoms with Crippen LogP contribution in [-0.4, -0.2) is 28.6 Å². The first-order valence-electron chi connectivity index (χ1n) is 4.31. The van der Waals surface area contributed by atoms with E-state index in [-0.39, 0.29) is 17.9 Å². The number of pyridine rings is 1. The molecule has 1 aromatic rings. The Kier molecular flexibility index (Phi) is 3.86. The highest BCUT2D eigenvalue weighted by Crippen LogP contribution is 2.11. The highest BCUT2D eigenvalue weighted by atomic mass is 16.4. The van der Waals surface area contributed by atoms with E-state index in [1.165, 1.54) is 18.3 Å². The molecule has 0 saturated carbocycles. The van der Waals surface area contributed by atoms with Crippen LogP contribution in [0.15, 0.2) is 18.3 Å². The van der Waals surface area contributed by atoms with Crippen LogP contribution in [-0.2, 0) is 0 Å². The van der Waals surface area contributed by atoms with Gasteiger partial charge in [0.25, 0.3) is 0 Å². The fraction of sp³-hybridized carbons (Fsp3) is 0.100. The Labute approximate surface area is 91.7 Å². The van der Waals surface area contributed by atoms with E-state index in [0.717, 1.165) is 0 Å². The largest absolute Gasteiger partial charge is 0.476 e. The molecule has 0 radical (unpaired) electrons. The zero-order valence-electron chi connectivity index (χ0n) is 8.23. The molecule has 0 aliphatic heterocycles. The average molecular weight is 219 g/mol. The molecular formula is C10H9N3O3. The van der Waals surface area contributed by atoms with Crippen LogP contribution >= 0.6 is 0 Å². The molecule has 1 aromatic heterocycles. The van der Waals surface area contributed by atoms with Crippen molar-refractivity contribution in [3.63, 3.8) is 0 Å². The Morgan fingerprint density at radius 3 is 2.94 bits per heavy atom. The second-order valence-corrected chi connectivity index (χ2v) is 2.72. The summed E-state index contributed by atoms with van der Waals surface area (Å²) in [6.07, 6.45) is 6.28. The number of carboxylic acid groups (broad SMARTS) is 1. The maximum absolute atomic E-state index is 11.2. The van der Waals surface area contributed by atoms with Crippen LogP contribution in [0.1, 0.15) is 10.5 Å². The smallest absolute Gasteiger partial charge is 0.356 e. The standard InChI is InChI=1S/C10H9N3O3/c1-2-5-12-10(16)13-7-4-3-6-11-8(7)9(14)15/h1,3-4,6H,5H2,(H,14,15)(H2,12,13,16). The fourth-order valence-electron chi connectivity index (χ4n) is 0.974. The highest BCUT2D eigenvalue weighted by molar-refractivity contribution is 5.98. The molecule has 0 aromatic carbocycles. The van der Waals surface area contributed by atoms with Crippen molar-refractivity contribution in [1.29, 1.82) is 0 Å². The predicted molar refractivity (Wildman–Crippen MR) is 57.1 cm³/mol. The predicted octanol–water partition coefficient (Wildman–Crippen LogP) is 0.534. The Morgan fingerprint density at radius 2 is 2.31 bits per heavy atom. The van der Waals surface area contributed by atoms with Crippen LogP contribution in [0.5, 0.6) is 0 Å². The number of nitrogens with zero attached hydrogens (tertiary/aromatic N) is 1. The van der Waals surface area contributed by atoms with Crippen molar-refractivity contribution in [3.05, 3.63) is 24.0 Å². The lowest BCUT2D eigenvalue weighted by Crippen LogP contribution is -2.29. The number of rotatable bonds is 3. The van der Waals surface area contributed by atoms with Crippen LogP contribution in [0.2, 0.25) is 0 Å². The Hall–Kier alpha value is -2.55. The first-order valence-corrected chi connectivity index (χ1v) is 4.31. The monoisotopic (exact) mass is 219 g/mol. The number of aromatic nitrogens is 1. The van der Waals surface area contributed by atoms with Crippen molar-refractivity contribution in [3.8, 4) is 12.3 Å². The number of amides is 2. The van der Waals surface area contributed by atoms with Crippen molar-refractivity contribution >= 4 is 17.7 Å². The highest BCUT2D eigenvalue weighted by Gasteiger charge is 2.12. The summed E-state index contributed by atoms with van der Waals surface area (Å²) >= 11 is 0. The third-order valence-corrected chi connectivity index (χ3v) is 1.61. The number of urea groups is 1. The fourth-order valence-corrected chi connectivity index (χ4v) is 0.974. The van der Waals surface area contributed by atoms with Gasteiger partial charge in [-0.05, 0) is 12.1 Å². The molecule has 0 aliphatic carbocycles. The van der Waals surface area contributed by atoms with Crippen molar-refractivity contribution in [2.75, 3.05) is 11.9 Å². The molecular weight excluding hydrogens is 210 g/mol. The number of terminal acetylenes is 1. The molecule has 0 saturated heterocycles. The van der Waals surface area contributed by atoms with Crippen LogP contribution in [0, 0.1) is 12.3 Å². The maximum Gasteiger partial charge on any atom is 0.356 e. The van der Waals surface area contributed by atoms with Gasteiger partial charge in [-0.15, -0.1) is 6.42 Å². The summed E-state index contributed by atoms with van der Waals surface area (Å²) < 4.78 is 0. The minimum Gasteiger partial charge on any atom is -0.476 e. The number of nitrogens with one attached hydrogen (secondary N) is 2. The Bertz CT molecular complexity index is 451. The van der Waals surface area contributed by atoms with E-state index >= 15 is 0 Å². The summed E-state index contributed by atoms with van der Waals surface area (Å²) in [7, 11) is 0. The van der Waals surface area contributed by atoms with Gasteiger partial charge < -0.3 is 15.7 Å². The van der Waals surface area contributed by atoms with E-state index in [9.17, 15) is 9.59 Å². The zero-order chi connectivity index (χ0) is 12.0. The van der Waals surface area contributed by atoms with E-state index in [2.05, 4.69) is 21.5 Å².